The summed E-state index contributed by atoms with van der Waals surface area (Å²) in [4.78, 5) is 1.66. The lowest BCUT2D eigenvalue weighted by atomic mass is 9.52. The third kappa shape index (κ3) is 2.38. The molecule has 0 amide bonds. The molecule has 0 aromatic rings. The van der Waals surface area contributed by atoms with Crippen LogP contribution in [0.1, 0.15) is 38.5 Å². The van der Waals surface area contributed by atoms with Gasteiger partial charge >= 0.3 is 12.4 Å². The Morgan fingerprint density at radius 2 is 1.44 bits per heavy atom. The standard InChI is InChI=1S/C20H21F6N/c21-19(22,23)15-2-1-3-18(20(24,25)26)11-27(10-16(15)18)17-7-12-4-13(8-17)6-14(5-12)9-17/h1-3,10,12-14H,4-9,11H2. The minimum Gasteiger partial charge on any atom is -0.370 e. The number of nitrogens with zero attached hydrogens (tertiary/aromatic N) is 1. The Bertz CT molecular complexity index is 720. The smallest absolute Gasteiger partial charge is 0.370 e. The number of fused-ring (bicyclic) bond motifs is 1. The molecule has 1 atom stereocenters. The predicted molar refractivity (Wildman–Crippen MR) is 87.5 cm³/mol. The first kappa shape index (κ1) is 17.7. The fourth-order valence-electron chi connectivity index (χ4n) is 6.83. The number of hydrogen-bond acceptors (Lipinski definition) is 1. The summed E-state index contributed by atoms with van der Waals surface area (Å²) < 4.78 is 82.7. The number of rotatable bonds is 1. The molecule has 27 heavy (non-hydrogen) atoms. The topological polar surface area (TPSA) is 3.24 Å². The highest BCUT2D eigenvalue weighted by molar-refractivity contribution is 5.52. The van der Waals surface area contributed by atoms with Crippen LogP contribution in [-0.2, 0) is 0 Å². The van der Waals surface area contributed by atoms with Gasteiger partial charge in [0.2, 0.25) is 0 Å². The highest BCUT2D eigenvalue weighted by Gasteiger charge is 2.65. The highest BCUT2D eigenvalue weighted by Crippen LogP contribution is 2.62. The Kier molecular flexibility index (Phi) is 3.37. The molecule has 0 aromatic carbocycles. The molecule has 1 aliphatic heterocycles. The average Bonchev–Trinajstić information content (AvgIpc) is 2.94. The molecule has 0 N–H and O–H groups in total. The minimum absolute atomic E-state index is 0.401. The zero-order valence-electron chi connectivity index (χ0n) is 14.7. The zero-order chi connectivity index (χ0) is 19.2. The van der Waals surface area contributed by atoms with Crippen molar-refractivity contribution >= 4 is 0 Å². The van der Waals surface area contributed by atoms with Crippen molar-refractivity contribution in [2.24, 2.45) is 23.2 Å². The molecule has 4 fully saturated rings. The van der Waals surface area contributed by atoms with Crippen molar-refractivity contribution in [3.05, 3.63) is 35.6 Å². The summed E-state index contributed by atoms with van der Waals surface area (Å²) in [5.41, 5.74) is -4.74. The van der Waals surface area contributed by atoms with Gasteiger partial charge in [0.1, 0.15) is 5.41 Å². The second-order valence-electron chi connectivity index (χ2n) is 9.22. The molecule has 0 aromatic heterocycles. The van der Waals surface area contributed by atoms with Gasteiger partial charge in [-0.15, -0.1) is 0 Å². The molecule has 0 spiro atoms. The summed E-state index contributed by atoms with van der Waals surface area (Å²) in [6.45, 7) is -0.429. The summed E-state index contributed by atoms with van der Waals surface area (Å²) in [6, 6.07) is 0. The van der Waals surface area contributed by atoms with Gasteiger partial charge in [0.15, 0.2) is 0 Å². The van der Waals surface area contributed by atoms with Gasteiger partial charge in [0.05, 0.1) is 5.57 Å². The summed E-state index contributed by atoms with van der Waals surface area (Å²) in [5.74, 6) is 1.52. The van der Waals surface area contributed by atoms with E-state index in [4.69, 9.17) is 0 Å². The van der Waals surface area contributed by atoms with Crippen LogP contribution in [0.4, 0.5) is 26.3 Å². The fraction of sp³-hybridized carbons (Fsp3) is 0.700. The van der Waals surface area contributed by atoms with E-state index in [2.05, 4.69) is 0 Å². The molecule has 5 aliphatic carbocycles. The first-order valence-corrected chi connectivity index (χ1v) is 9.55. The van der Waals surface area contributed by atoms with Gasteiger partial charge in [-0.2, -0.15) is 26.3 Å². The van der Waals surface area contributed by atoms with Gasteiger partial charge in [0, 0.05) is 23.9 Å². The van der Waals surface area contributed by atoms with E-state index in [1.807, 2.05) is 0 Å². The number of hydrogen-bond donors (Lipinski definition) is 0. The monoisotopic (exact) mass is 389 g/mol. The third-order valence-electron chi connectivity index (χ3n) is 7.55. The Morgan fingerprint density at radius 3 is 1.93 bits per heavy atom. The SMILES string of the molecule is FC(F)(F)C1=CC=CC2(C(F)(F)F)CN(C34CC5CC(CC(C5)C3)C4)C=C12. The second kappa shape index (κ2) is 5.15. The maximum absolute atomic E-state index is 14.1. The van der Waals surface area contributed by atoms with E-state index in [0.29, 0.717) is 17.8 Å². The molecule has 1 unspecified atom stereocenters. The Labute approximate surface area is 153 Å². The lowest BCUT2D eigenvalue weighted by Gasteiger charge is -2.60. The van der Waals surface area contributed by atoms with Gasteiger partial charge in [-0.05, 0) is 62.4 Å². The Hall–Kier alpha value is -1.40. The summed E-state index contributed by atoms with van der Waals surface area (Å²) in [5, 5.41) is 0. The van der Waals surface area contributed by atoms with Crippen LogP contribution in [0.15, 0.2) is 35.6 Å². The van der Waals surface area contributed by atoms with Crippen LogP contribution >= 0.6 is 0 Å². The molecule has 4 saturated carbocycles. The van der Waals surface area contributed by atoms with Crippen molar-refractivity contribution in [1.82, 2.24) is 4.90 Å². The van der Waals surface area contributed by atoms with Gasteiger partial charge in [0.25, 0.3) is 0 Å². The molecular formula is C20H21F6N. The Morgan fingerprint density at radius 1 is 0.889 bits per heavy atom. The number of alkyl halides is 6. The third-order valence-corrected chi connectivity index (χ3v) is 7.55. The van der Waals surface area contributed by atoms with Crippen LogP contribution in [0.25, 0.3) is 0 Å². The minimum atomic E-state index is -4.80. The molecule has 0 saturated heterocycles. The van der Waals surface area contributed by atoms with E-state index in [9.17, 15) is 26.3 Å². The molecular weight excluding hydrogens is 368 g/mol. The largest absolute Gasteiger partial charge is 0.416 e. The van der Waals surface area contributed by atoms with Crippen LogP contribution in [0, 0.1) is 23.2 Å². The van der Waals surface area contributed by atoms with Gasteiger partial charge < -0.3 is 4.90 Å². The number of allylic oxidation sites excluding steroid dienone is 3. The summed E-state index contributed by atoms with van der Waals surface area (Å²) in [7, 11) is 0. The molecule has 4 bridgehead atoms. The molecule has 6 rings (SSSR count). The van der Waals surface area contributed by atoms with E-state index < -0.39 is 41.0 Å². The van der Waals surface area contributed by atoms with Crippen LogP contribution in [-0.4, -0.2) is 29.3 Å². The Balaban J connectivity index is 1.59. The molecule has 1 nitrogen and oxygen atoms in total. The van der Waals surface area contributed by atoms with Crippen molar-refractivity contribution in [2.45, 2.75) is 56.4 Å². The van der Waals surface area contributed by atoms with Crippen LogP contribution < -0.4 is 0 Å². The average molecular weight is 389 g/mol. The van der Waals surface area contributed by atoms with Gasteiger partial charge in [-0.25, -0.2) is 0 Å². The maximum atomic E-state index is 14.1. The highest BCUT2D eigenvalue weighted by atomic mass is 19.4. The summed E-state index contributed by atoms with van der Waals surface area (Å²) >= 11 is 0. The van der Waals surface area contributed by atoms with E-state index in [1.165, 1.54) is 6.20 Å². The van der Waals surface area contributed by atoms with Crippen molar-refractivity contribution in [3.63, 3.8) is 0 Å². The molecule has 1 heterocycles. The maximum Gasteiger partial charge on any atom is 0.416 e. The molecule has 0 radical (unpaired) electrons. The molecule has 6 aliphatic rings. The van der Waals surface area contributed by atoms with Crippen LogP contribution in [0.2, 0.25) is 0 Å². The molecule has 7 heteroatoms. The van der Waals surface area contributed by atoms with Crippen LogP contribution in [0.5, 0.6) is 0 Å². The van der Waals surface area contributed by atoms with Crippen molar-refractivity contribution in [1.29, 1.82) is 0 Å². The lowest BCUT2D eigenvalue weighted by molar-refractivity contribution is -0.198. The van der Waals surface area contributed by atoms with E-state index in [1.54, 1.807) is 4.90 Å². The number of halogens is 6. The summed E-state index contributed by atoms with van der Waals surface area (Å²) in [6.07, 6.45) is 0.0864. The first-order chi connectivity index (χ1) is 12.5. The van der Waals surface area contributed by atoms with E-state index in [-0.39, 0.29) is 0 Å². The quantitative estimate of drug-likeness (QED) is 0.515. The second-order valence-corrected chi connectivity index (χ2v) is 9.22. The van der Waals surface area contributed by atoms with Crippen molar-refractivity contribution in [3.8, 4) is 0 Å². The fourth-order valence-corrected chi connectivity index (χ4v) is 6.83. The lowest BCUT2D eigenvalue weighted by Crippen LogP contribution is -2.59. The van der Waals surface area contributed by atoms with Gasteiger partial charge in [-0.3, -0.25) is 0 Å². The predicted octanol–water partition coefficient (Wildman–Crippen LogP) is 5.76. The molecule has 148 valence electrons. The van der Waals surface area contributed by atoms with E-state index >= 15 is 0 Å². The van der Waals surface area contributed by atoms with Crippen molar-refractivity contribution < 1.29 is 26.3 Å². The zero-order valence-corrected chi connectivity index (χ0v) is 14.7. The first-order valence-electron chi connectivity index (χ1n) is 9.55. The van der Waals surface area contributed by atoms with Crippen molar-refractivity contribution in [2.75, 3.05) is 6.54 Å². The normalized spacial score (nSPS) is 43.0. The van der Waals surface area contributed by atoms with E-state index in [0.717, 1.165) is 56.8 Å². The van der Waals surface area contributed by atoms with Gasteiger partial charge in [-0.1, -0.05) is 12.2 Å². The van der Waals surface area contributed by atoms with Crippen LogP contribution in [0.3, 0.4) is 0 Å².